The molecule has 1 heterocycles. The molecule has 1 saturated carbocycles. The Kier molecular flexibility index (Phi) is 4.13. The van der Waals surface area contributed by atoms with E-state index in [1.165, 1.54) is 12.0 Å². The predicted molar refractivity (Wildman–Crippen MR) is 84.4 cm³/mol. The number of nitrogens with one attached hydrogen (secondary N) is 1. The summed E-state index contributed by atoms with van der Waals surface area (Å²) in [5, 5.41) is 11.8. The van der Waals surface area contributed by atoms with Crippen molar-refractivity contribution >= 4 is 5.95 Å². The fraction of sp³-hybridized carbons (Fsp3) is 0.471. The summed E-state index contributed by atoms with van der Waals surface area (Å²) >= 11 is 0. The molecule has 2 atom stereocenters. The van der Waals surface area contributed by atoms with Crippen molar-refractivity contribution in [3.8, 4) is 0 Å². The molecule has 2 unspecified atom stereocenters. The highest BCUT2D eigenvalue weighted by Crippen LogP contribution is 2.47. The van der Waals surface area contributed by atoms with E-state index in [0.717, 1.165) is 30.8 Å². The Bertz CT molecular complexity index is 597. The summed E-state index contributed by atoms with van der Waals surface area (Å²) in [5.74, 6) is 2.04. The SMILES string of the molecule is CCc1nnc(NCC2CC2c2ccccc2)nc1CC. The fourth-order valence-corrected chi connectivity index (χ4v) is 2.82. The van der Waals surface area contributed by atoms with E-state index in [9.17, 15) is 0 Å². The molecule has 2 aromatic rings. The number of nitrogens with zero attached hydrogens (tertiary/aromatic N) is 3. The van der Waals surface area contributed by atoms with Crippen molar-refractivity contribution in [1.82, 2.24) is 15.2 Å². The highest BCUT2D eigenvalue weighted by molar-refractivity contribution is 5.30. The van der Waals surface area contributed by atoms with Gasteiger partial charge in [-0.15, -0.1) is 5.10 Å². The predicted octanol–water partition coefficient (Wildman–Crippen LogP) is 3.21. The van der Waals surface area contributed by atoms with Crippen LogP contribution in [0.3, 0.4) is 0 Å². The molecular formula is C17H22N4. The van der Waals surface area contributed by atoms with Gasteiger partial charge in [-0.1, -0.05) is 44.2 Å². The standard InChI is InChI=1S/C17H22N4/c1-3-15-16(4-2)20-21-17(19-15)18-11-13-10-14(13)12-8-6-5-7-9-12/h5-9,13-14H,3-4,10-11H2,1-2H3,(H,18,19,21). The Morgan fingerprint density at radius 3 is 2.52 bits per heavy atom. The monoisotopic (exact) mass is 282 g/mol. The van der Waals surface area contributed by atoms with Crippen LogP contribution in [-0.4, -0.2) is 21.7 Å². The highest BCUT2D eigenvalue weighted by atomic mass is 15.2. The molecule has 0 amide bonds. The van der Waals surface area contributed by atoms with E-state index in [2.05, 4.69) is 64.7 Å². The number of hydrogen-bond donors (Lipinski definition) is 1. The van der Waals surface area contributed by atoms with Gasteiger partial charge in [0.2, 0.25) is 5.95 Å². The molecule has 0 saturated heterocycles. The van der Waals surface area contributed by atoms with E-state index >= 15 is 0 Å². The molecule has 4 heteroatoms. The topological polar surface area (TPSA) is 50.7 Å². The first kappa shape index (κ1) is 14.0. The third kappa shape index (κ3) is 3.20. The van der Waals surface area contributed by atoms with Gasteiger partial charge in [-0.25, -0.2) is 4.98 Å². The molecule has 1 aromatic heterocycles. The van der Waals surface area contributed by atoms with Crippen LogP contribution in [0.5, 0.6) is 0 Å². The van der Waals surface area contributed by atoms with Gasteiger partial charge in [-0.3, -0.25) is 0 Å². The minimum atomic E-state index is 0.669. The maximum Gasteiger partial charge on any atom is 0.242 e. The third-order valence-corrected chi connectivity index (χ3v) is 4.18. The molecule has 4 nitrogen and oxygen atoms in total. The van der Waals surface area contributed by atoms with E-state index in [1.807, 2.05) is 0 Å². The highest BCUT2D eigenvalue weighted by Gasteiger charge is 2.37. The molecule has 1 fully saturated rings. The van der Waals surface area contributed by atoms with Crippen molar-refractivity contribution in [1.29, 1.82) is 0 Å². The number of benzene rings is 1. The van der Waals surface area contributed by atoms with E-state index in [1.54, 1.807) is 0 Å². The number of anilines is 1. The Morgan fingerprint density at radius 2 is 1.81 bits per heavy atom. The van der Waals surface area contributed by atoms with Crippen LogP contribution in [0.1, 0.15) is 43.1 Å². The summed E-state index contributed by atoms with van der Waals surface area (Å²) in [6.45, 7) is 5.13. The maximum atomic E-state index is 4.57. The lowest BCUT2D eigenvalue weighted by molar-refractivity contribution is 0.791. The van der Waals surface area contributed by atoms with Crippen LogP contribution in [-0.2, 0) is 12.8 Å². The second-order valence-electron chi connectivity index (χ2n) is 5.63. The average Bonchev–Trinajstić information content (AvgIpc) is 3.33. The number of rotatable bonds is 6. The van der Waals surface area contributed by atoms with Crippen molar-refractivity contribution < 1.29 is 0 Å². The van der Waals surface area contributed by atoms with Crippen LogP contribution < -0.4 is 5.32 Å². The van der Waals surface area contributed by atoms with Crippen LogP contribution in [0.15, 0.2) is 30.3 Å². The summed E-state index contributed by atoms with van der Waals surface area (Å²) in [6, 6.07) is 10.7. The summed E-state index contributed by atoms with van der Waals surface area (Å²) in [6.07, 6.45) is 3.05. The molecule has 1 aliphatic carbocycles. The summed E-state index contributed by atoms with van der Waals surface area (Å²) in [5.41, 5.74) is 3.51. The van der Waals surface area contributed by atoms with Crippen LogP contribution in [0.4, 0.5) is 5.95 Å². The van der Waals surface area contributed by atoms with Gasteiger partial charge in [0.1, 0.15) is 0 Å². The first-order valence-electron chi connectivity index (χ1n) is 7.83. The zero-order chi connectivity index (χ0) is 14.7. The Morgan fingerprint density at radius 1 is 1.05 bits per heavy atom. The van der Waals surface area contributed by atoms with Crippen LogP contribution in [0.2, 0.25) is 0 Å². The van der Waals surface area contributed by atoms with Gasteiger partial charge in [-0.05, 0) is 36.7 Å². The van der Waals surface area contributed by atoms with Crippen molar-refractivity contribution in [2.75, 3.05) is 11.9 Å². The van der Waals surface area contributed by atoms with Gasteiger partial charge in [0.25, 0.3) is 0 Å². The van der Waals surface area contributed by atoms with Gasteiger partial charge < -0.3 is 5.32 Å². The maximum absolute atomic E-state index is 4.57. The van der Waals surface area contributed by atoms with E-state index in [-0.39, 0.29) is 0 Å². The van der Waals surface area contributed by atoms with Gasteiger partial charge in [0.15, 0.2) is 0 Å². The number of aromatic nitrogens is 3. The molecule has 21 heavy (non-hydrogen) atoms. The number of hydrogen-bond acceptors (Lipinski definition) is 4. The first-order chi connectivity index (χ1) is 10.3. The minimum absolute atomic E-state index is 0.669. The smallest absolute Gasteiger partial charge is 0.242 e. The van der Waals surface area contributed by atoms with Crippen LogP contribution >= 0.6 is 0 Å². The van der Waals surface area contributed by atoms with Crippen molar-refractivity contribution in [3.05, 3.63) is 47.3 Å². The molecule has 0 aliphatic heterocycles. The van der Waals surface area contributed by atoms with Gasteiger partial charge in [0, 0.05) is 6.54 Å². The van der Waals surface area contributed by atoms with Gasteiger partial charge in [-0.2, -0.15) is 5.10 Å². The molecule has 1 N–H and O–H groups in total. The van der Waals surface area contributed by atoms with E-state index < -0.39 is 0 Å². The summed E-state index contributed by atoms with van der Waals surface area (Å²) < 4.78 is 0. The second-order valence-corrected chi connectivity index (χ2v) is 5.63. The molecule has 3 rings (SSSR count). The Labute approximate surface area is 126 Å². The van der Waals surface area contributed by atoms with Gasteiger partial charge in [0.05, 0.1) is 11.4 Å². The first-order valence-corrected chi connectivity index (χ1v) is 7.83. The lowest BCUT2D eigenvalue weighted by atomic mass is 10.1. The van der Waals surface area contributed by atoms with Crippen molar-refractivity contribution in [2.24, 2.45) is 5.92 Å². The van der Waals surface area contributed by atoms with Crippen LogP contribution in [0, 0.1) is 5.92 Å². The molecule has 1 aliphatic rings. The molecular weight excluding hydrogens is 260 g/mol. The lowest BCUT2D eigenvalue weighted by Crippen LogP contribution is -2.12. The van der Waals surface area contributed by atoms with Crippen LogP contribution in [0.25, 0.3) is 0 Å². The normalized spacial score (nSPS) is 20.3. The summed E-state index contributed by atoms with van der Waals surface area (Å²) in [4.78, 5) is 4.57. The van der Waals surface area contributed by atoms with Gasteiger partial charge >= 0.3 is 0 Å². The fourth-order valence-electron chi connectivity index (χ4n) is 2.82. The Balaban J connectivity index is 1.57. The Hall–Kier alpha value is -1.97. The third-order valence-electron chi connectivity index (χ3n) is 4.18. The summed E-state index contributed by atoms with van der Waals surface area (Å²) in [7, 11) is 0. The minimum Gasteiger partial charge on any atom is -0.353 e. The molecule has 1 aromatic carbocycles. The second kappa shape index (κ2) is 6.20. The largest absolute Gasteiger partial charge is 0.353 e. The number of aryl methyl sites for hydroxylation is 2. The molecule has 0 radical (unpaired) electrons. The van der Waals surface area contributed by atoms with Crippen molar-refractivity contribution in [2.45, 2.75) is 39.0 Å². The molecule has 0 spiro atoms. The van der Waals surface area contributed by atoms with Crippen molar-refractivity contribution in [3.63, 3.8) is 0 Å². The van der Waals surface area contributed by atoms with E-state index in [0.29, 0.717) is 17.8 Å². The zero-order valence-corrected chi connectivity index (χ0v) is 12.7. The molecule has 0 bridgehead atoms. The lowest BCUT2D eigenvalue weighted by Gasteiger charge is -2.07. The average molecular weight is 282 g/mol. The van der Waals surface area contributed by atoms with E-state index in [4.69, 9.17) is 0 Å². The molecule has 110 valence electrons. The quantitative estimate of drug-likeness (QED) is 0.884. The zero-order valence-electron chi connectivity index (χ0n) is 12.7.